The Bertz CT molecular complexity index is 574. The Hall–Kier alpha value is -1.77. The number of nitrogens with zero attached hydrogens (tertiary/aromatic N) is 2. The van der Waals surface area contributed by atoms with Gasteiger partial charge in [-0.15, -0.1) is 0 Å². The minimum Gasteiger partial charge on any atom is -0.496 e. The number of fused-ring (bicyclic) bond motifs is 1. The Kier molecular flexibility index (Phi) is 3.28. The van der Waals surface area contributed by atoms with Gasteiger partial charge in [0.25, 0.3) is 0 Å². The van der Waals surface area contributed by atoms with E-state index in [2.05, 4.69) is 28.6 Å². The van der Waals surface area contributed by atoms with Gasteiger partial charge in [0.1, 0.15) is 11.6 Å². The van der Waals surface area contributed by atoms with E-state index in [9.17, 15) is 0 Å². The van der Waals surface area contributed by atoms with Crippen molar-refractivity contribution >= 4 is 0 Å². The predicted molar refractivity (Wildman–Crippen MR) is 75.5 cm³/mol. The molecule has 1 atom stereocenters. The summed E-state index contributed by atoms with van der Waals surface area (Å²) in [5.74, 6) is 2.85. The Morgan fingerprint density at radius 3 is 3.05 bits per heavy atom. The number of benzene rings is 1. The monoisotopic (exact) mass is 256 g/mol. The highest BCUT2D eigenvalue weighted by Gasteiger charge is 2.19. The minimum atomic E-state index is 0.748. The number of hydrogen-bond donors (Lipinski definition) is 0. The third-order valence-corrected chi connectivity index (χ3v) is 3.95. The summed E-state index contributed by atoms with van der Waals surface area (Å²) in [4.78, 5) is 4.61. The number of hydrogen-bond acceptors (Lipinski definition) is 2. The van der Waals surface area contributed by atoms with E-state index in [0.717, 1.165) is 36.9 Å². The van der Waals surface area contributed by atoms with E-state index >= 15 is 0 Å². The highest BCUT2D eigenvalue weighted by atomic mass is 16.5. The molecule has 100 valence electrons. The highest BCUT2D eigenvalue weighted by molar-refractivity contribution is 5.35. The van der Waals surface area contributed by atoms with Gasteiger partial charge in [-0.05, 0) is 24.8 Å². The second-order valence-corrected chi connectivity index (χ2v) is 5.41. The zero-order valence-electron chi connectivity index (χ0n) is 11.6. The Morgan fingerprint density at radius 1 is 1.37 bits per heavy atom. The summed E-state index contributed by atoms with van der Waals surface area (Å²) in [6, 6.07) is 8.19. The molecule has 0 N–H and O–H groups in total. The number of rotatable bonds is 3. The number of aromatic nitrogens is 2. The van der Waals surface area contributed by atoms with Crippen LogP contribution in [0.1, 0.15) is 30.4 Å². The van der Waals surface area contributed by atoms with E-state index in [1.54, 1.807) is 7.11 Å². The van der Waals surface area contributed by atoms with Gasteiger partial charge in [0.15, 0.2) is 0 Å². The van der Waals surface area contributed by atoms with Crippen molar-refractivity contribution in [3.05, 3.63) is 47.5 Å². The van der Waals surface area contributed by atoms with Gasteiger partial charge >= 0.3 is 0 Å². The molecule has 0 radical (unpaired) electrons. The van der Waals surface area contributed by atoms with Gasteiger partial charge in [0.2, 0.25) is 0 Å². The summed E-state index contributed by atoms with van der Waals surface area (Å²) in [6.07, 6.45) is 5.31. The van der Waals surface area contributed by atoms with Gasteiger partial charge in [-0.25, -0.2) is 4.98 Å². The largest absolute Gasteiger partial charge is 0.496 e. The molecule has 0 fully saturated rings. The SMILES string of the molecule is COc1ccccc1Cc1ncc2n1CC(C)CC2. The van der Waals surface area contributed by atoms with E-state index in [1.165, 1.54) is 17.7 Å². The van der Waals surface area contributed by atoms with Crippen molar-refractivity contribution in [2.24, 2.45) is 5.92 Å². The average Bonchev–Trinajstić information content (AvgIpc) is 2.82. The van der Waals surface area contributed by atoms with Crippen LogP contribution in [0, 0.1) is 5.92 Å². The molecule has 0 amide bonds. The molecular weight excluding hydrogens is 236 g/mol. The maximum absolute atomic E-state index is 5.42. The standard InChI is InChI=1S/C16H20N2O/c1-12-7-8-14-10-17-16(18(14)11-12)9-13-5-3-4-6-15(13)19-2/h3-6,10,12H,7-9,11H2,1-2H3. The predicted octanol–water partition coefficient (Wildman–Crippen LogP) is 3.06. The van der Waals surface area contributed by atoms with Crippen LogP contribution in [0.4, 0.5) is 0 Å². The zero-order chi connectivity index (χ0) is 13.2. The minimum absolute atomic E-state index is 0.748. The van der Waals surface area contributed by atoms with E-state index in [0.29, 0.717) is 0 Å². The lowest BCUT2D eigenvalue weighted by molar-refractivity contribution is 0.390. The molecule has 0 aliphatic carbocycles. The van der Waals surface area contributed by atoms with Crippen LogP contribution >= 0.6 is 0 Å². The van der Waals surface area contributed by atoms with Crippen molar-refractivity contribution in [3.63, 3.8) is 0 Å². The van der Waals surface area contributed by atoms with Crippen molar-refractivity contribution < 1.29 is 4.74 Å². The topological polar surface area (TPSA) is 27.1 Å². The van der Waals surface area contributed by atoms with Crippen molar-refractivity contribution in [1.29, 1.82) is 0 Å². The molecule has 0 spiro atoms. The summed E-state index contributed by atoms with van der Waals surface area (Å²) in [6.45, 7) is 3.41. The second kappa shape index (κ2) is 5.08. The molecule has 1 aliphatic rings. The Morgan fingerprint density at radius 2 is 2.21 bits per heavy atom. The average molecular weight is 256 g/mol. The Labute approximate surface area is 114 Å². The molecule has 3 heteroatoms. The lowest BCUT2D eigenvalue weighted by atomic mass is 10.00. The van der Waals surface area contributed by atoms with Gasteiger partial charge in [0, 0.05) is 30.4 Å². The van der Waals surface area contributed by atoms with Crippen molar-refractivity contribution in [2.45, 2.75) is 32.7 Å². The quantitative estimate of drug-likeness (QED) is 0.844. The van der Waals surface area contributed by atoms with Crippen LogP contribution < -0.4 is 4.74 Å². The molecule has 2 aromatic rings. The first-order valence-corrected chi connectivity index (χ1v) is 6.93. The van der Waals surface area contributed by atoms with Crippen LogP contribution in [0.15, 0.2) is 30.5 Å². The van der Waals surface area contributed by atoms with Crippen molar-refractivity contribution in [3.8, 4) is 5.75 Å². The molecule has 0 saturated carbocycles. The molecule has 1 unspecified atom stereocenters. The molecule has 1 aromatic heterocycles. The summed E-state index contributed by atoms with van der Waals surface area (Å²) in [5, 5.41) is 0. The van der Waals surface area contributed by atoms with Gasteiger partial charge in [-0.3, -0.25) is 0 Å². The van der Waals surface area contributed by atoms with E-state index in [1.807, 2.05) is 18.3 Å². The third kappa shape index (κ3) is 2.37. The summed E-state index contributed by atoms with van der Waals surface area (Å²) in [7, 11) is 1.72. The fraction of sp³-hybridized carbons (Fsp3) is 0.438. The maximum Gasteiger partial charge on any atom is 0.122 e. The van der Waals surface area contributed by atoms with E-state index in [4.69, 9.17) is 4.74 Å². The van der Waals surface area contributed by atoms with Crippen molar-refractivity contribution in [2.75, 3.05) is 7.11 Å². The van der Waals surface area contributed by atoms with Gasteiger partial charge < -0.3 is 9.30 Å². The van der Waals surface area contributed by atoms with Crippen LogP contribution in [0.2, 0.25) is 0 Å². The normalized spacial score (nSPS) is 18.1. The second-order valence-electron chi connectivity index (χ2n) is 5.41. The fourth-order valence-corrected chi connectivity index (χ4v) is 2.83. The zero-order valence-corrected chi connectivity index (χ0v) is 11.6. The molecule has 19 heavy (non-hydrogen) atoms. The van der Waals surface area contributed by atoms with Gasteiger partial charge in [-0.1, -0.05) is 25.1 Å². The number of ether oxygens (including phenoxy) is 1. The van der Waals surface area contributed by atoms with E-state index < -0.39 is 0 Å². The van der Waals surface area contributed by atoms with Crippen LogP contribution in [0.5, 0.6) is 5.75 Å². The highest BCUT2D eigenvalue weighted by Crippen LogP contribution is 2.25. The summed E-state index contributed by atoms with van der Waals surface area (Å²) in [5.41, 5.74) is 2.58. The Balaban J connectivity index is 1.90. The molecule has 2 heterocycles. The maximum atomic E-state index is 5.42. The first-order chi connectivity index (χ1) is 9.28. The number of para-hydroxylation sites is 1. The van der Waals surface area contributed by atoms with Crippen LogP contribution in [-0.2, 0) is 19.4 Å². The van der Waals surface area contributed by atoms with Crippen LogP contribution in [-0.4, -0.2) is 16.7 Å². The van der Waals surface area contributed by atoms with E-state index in [-0.39, 0.29) is 0 Å². The smallest absolute Gasteiger partial charge is 0.122 e. The van der Waals surface area contributed by atoms with Gasteiger partial charge in [0.05, 0.1) is 7.11 Å². The van der Waals surface area contributed by atoms with Crippen LogP contribution in [0.25, 0.3) is 0 Å². The van der Waals surface area contributed by atoms with Crippen molar-refractivity contribution in [1.82, 2.24) is 9.55 Å². The third-order valence-electron chi connectivity index (χ3n) is 3.95. The first-order valence-electron chi connectivity index (χ1n) is 6.93. The number of imidazole rings is 1. The molecule has 0 saturated heterocycles. The fourth-order valence-electron chi connectivity index (χ4n) is 2.83. The number of aryl methyl sites for hydroxylation is 1. The molecule has 0 bridgehead atoms. The lowest BCUT2D eigenvalue weighted by Gasteiger charge is -2.22. The molecular formula is C16H20N2O. The van der Waals surface area contributed by atoms with Gasteiger partial charge in [-0.2, -0.15) is 0 Å². The molecule has 1 aromatic carbocycles. The molecule has 3 nitrogen and oxygen atoms in total. The van der Waals surface area contributed by atoms with Crippen LogP contribution in [0.3, 0.4) is 0 Å². The lowest BCUT2D eigenvalue weighted by Crippen LogP contribution is -2.19. The summed E-state index contributed by atoms with van der Waals surface area (Å²) >= 11 is 0. The summed E-state index contributed by atoms with van der Waals surface area (Å²) < 4.78 is 7.81. The molecule has 3 rings (SSSR count). The first kappa shape index (κ1) is 12.3. The number of methoxy groups -OCH3 is 1. The molecule has 1 aliphatic heterocycles.